The molecule has 144 valence electrons. The fourth-order valence-corrected chi connectivity index (χ4v) is 2.87. The maximum Gasteiger partial charge on any atom is 0.243 e. The Hall–Kier alpha value is -2.98. The third-order valence-electron chi connectivity index (χ3n) is 4.17. The van der Waals surface area contributed by atoms with E-state index in [9.17, 15) is 4.79 Å². The Bertz CT molecular complexity index is 883. The summed E-state index contributed by atoms with van der Waals surface area (Å²) in [5.74, 6) is 0.533. The molecule has 3 aromatic rings. The molecule has 0 aromatic heterocycles. The van der Waals surface area contributed by atoms with Crippen LogP contribution in [0, 0.1) is 0 Å². The third kappa shape index (κ3) is 6.32. The van der Waals surface area contributed by atoms with Gasteiger partial charge in [-0.1, -0.05) is 54.1 Å². The number of nitrogens with one attached hydrogen (secondary N) is 2. The number of hydrogen-bond donors (Lipinski definition) is 2. The van der Waals surface area contributed by atoms with Crippen molar-refractivity contribution < 1.29 is 9.53 Å². The summed E-state index contributed by atoms with van der Waals surface area (Å²) in [7, 11) is 0. The minimum absolute atomic E-state index is 0.143. The van der Waals surface area contributed by atoms with Crippen LogP contribution in [-0.2, 0) is 11.2 Å². The van der Waals surface area contributed by atoms with Gasteiger partial charge in [-0.05, 0) is 54.8 Å². The zero-order valence-corrected chi connectivity index (χ0v) is 16.3. The van der Waals surface area contributed by atoms with Crippen LogP contribution in [0.5, 0.6) is 5.75 Å². The van der Waals surface area contributed by atoms with Gasteiger partial charge in [0, 0.05) is 10.7 Å². The van der Waals surface area contributed by atoms with E-state index in [-0.39, 0.29) is 12.5 Å². The number of hydrogen-bond acceptors (Lipinski definition) is 3. The average molecular weight is 395 g/mol. The van der Waals surface area contributed by atoms with Gasteiger partial charge in [0.25, 0.3) is 0 Å². The maximum absolute atomic E-state index is 12.3. The summed E-state index contributed by atoms with van der Waals surface area (Å²) >= 11 is 5.87. The van der Waals surface area contributed by atoms with Gasteiger partial charge in [-0.15, -0.1) is 0 Å². The average Bonchev–Trinajstić information content (AvgIpc) is 2.73. The molecule has 0 aliphatic carbocycles. The lowest BCUT2D eigenvalue weighted by molar-refractivity contribution is -0.114. The van der Waals surface area contributed by atoms with E-state index >= 15 is 0 Å². The van der Waals surface area contributed by atoms with Crippen molar-refractivity contribution in [1.29, 1.82) is 0 Å². The Balaban J connectivity index is 1.47. The molecule has 2 N–H and O–H groups in total. The molecule has 4 nitrogen and oxygen atoms in total. The molecule has 3 aromatic carbocycles. The molecule has 0 spiro atoms. The van der Waals surface area contributed by atoms with Crippen LogP contribution in [0.25, 0.3) is 0 Å². The van der Waals surface area contributed by atoms with Crippen molar-refractivity contribution in [1.82, 2.24) is 0 Å². The second-order valence-electron chi connectivity index (χ2n) is 6.34. The minimum Gasteiger partial charge on any atom is -0.491 e. The van der Waals surface area contributed by atoms with Gasteiger partial charge in [0.1, 0.15) is 5.75 Å². The Labute approximate surface area is 170 Å². The molecule has 1 amide bonds. The predicted molar refractivity (Wildman–Crippen MR) is 115 cm³/mol. The molecular formula is C23H23ClN2O2. The van der Waals surface area contributed by atoms with E-state index in [0.29, 0.717) is 23.1 Å². The van der Waals surface area contributed by atoms with E-state index in [1.54, 1.807) is 12.1 Å². The van der Waals surface area contributed by atoms with Crippen LogP contribution < -0.4 is 15.4 Å². The van der Waals surface area contributed by atoms with Crippen LogP contribution in [0.4, 0.5) is 11.4 Å². The van der Waals surface area contributed by atoms with Crippen molar-refractivity contribution >= 4 is 28.9 Å². The van der Waals surface area contributed by atoms with Crippen LogP contribution in [0.2, 0.25) is 5.02 Å². The van der Waals surface area contributed by atoms with E-state index in [4.69, 9.17) is 16.3 Å². The number of ether oxygens (including phenoxy) is 1. The van der Waals surface area contributed by atoms with Crippen molar-refractivity contribution in [2.75, 3.05) is 23.8 Å². The van der Waals surface area contributed by atoms with Crippen molar-refractivity contribution in [3.05, 3.63) is 89.4 Å². The quantitative estimate of drug-likeness (QED) is 0.477. The van der Waals surface area contributed by atoms with Crippen molar-refractivity contribution in [3.8, 4) is 5.75 Å². The van der Waals surface area contributed by atoms with Gasteiger partial charge in [-0.3, -0.25) is 4.79 Å². The van der Waals surface area contributed by atoms with Gasteiger partial charge >= 0.3 is 0 Å². The van der Waals surface area contributed by atoms with Gasteiger partial charge < -0.3 is 15.4 Å². The first-order valence-electron chi connectivity index (χ1n) is 9.26. The van der Waals surface area contributed by atoms with E-state index in [2.05, 4.69) is 22.8 Å². The first kappa shape index (κ1) is 19.8. The van der Waals surface area contributed by atoms with Crippen molar-refractivity contribution in [2.45, 2.75) is 12.8 Å². The van der Waals surface area contributed by atoms with E-state index in [0.717, 1.165) is 18.5 Å². The number of para-hydroxylation sites is 2. The molecule has 3 rings (SSSR count). The van der Waals surface area contributed by atoms with E-state index in [1.165, 1.54) is 5.56 Å². The summed E-state index contributed by atoms with van der Waals surface area (Å²) in [5.41, 5.74) is 2.80. The number of rotatable bonds is 9. The van der Waals surface area contributed by atoms with Crippen molar-refractivity contribution in [2.24, 2.45) is 0 Å². The van der Waals surface area contributed by atoms with Crippen LogP contribution in [0.3, 0.4) is 0 Å². The molecular weight excluding hydrogens is 372 g/mol. The Kier molecular flexibility index (Phi) is 7.33. The fraction of sp³-hybridized carbons (Fsp3) is 0.174. The first-order chi connectivity index (χ1) is 13.7. The highest BCUT2D eigenvalue weighted by molar-refractivity contribution is 6.30. The topological polar surface area (TPSA) is 50.4 Å². The highest BCUT2D eigenvalue weighted by Gasteiger charge is 2.07. The highest BCUT2D eigenvalue weighted by Crippen LogP contribution is 2.24. The SMILES string of the molecule is O=C(CNc1ccc(Cl)cc1)Nc1ccccc1OCCCc1ccccc1. The minimum atomic E-state index is -0.143. The number of carbonyl (C=O) groups excluding carboxylic acids is 1. The Morgan fingerprint density at radius 1 is 0.893 bits per heavy atom. The van der Waals surface area contributed by atoms with Crippen LogP contribution in [0.15, 0.2) is 78.9 Å². The summed E-state index contributed by atoms with van der Waals surface area (Å²) in [4.78, 5) is 12.3. The Morgan fingerprint density at radius 2 is 1.61 bits per heavy atom. The first-order valence-corrected chi connectivity index (χ1v) is 9.63. The van der Waals surface area contributed by atoms with Crippen LogP contribution >= 0.6 is 11.6 Å². The molecule has 0 unspecified atom stereocenters. The zero-order chi connectivity index (χ0) is 19.6. The molecule has 28 heavy (non-hydrogen) atoms. The number of aryl methyl sites for hydroxylation is 1. The molecule has 0 atom stereocenters. The summed E-state index contributed by atoms with van der Waals surface area (Å²) < 4.78 is 5.89. The molecule has 0 bridgehead atoms. The normalized spacial score (nSPS) is 10.3. The predicted octanol–water partition coefficient (Wildman–Crippen LogP) is 5.40. The van der Waals surface area contributed by atoms with Gasteiger partial charge in [0.05, 0.1) is 18.8 Å². The summed E-state index contributed by atoms with van der Waals surface area (Å²) in [6.07, 6.45) is 1.87. The number of amides is 1. The number of benzene rings is 3. The highest BCUT2D eigenvalue weighted by atomic mass is 35.5. The molecule has 0 saturated heterocycles. The number of anilines is 2. The lowest BCUT2D eigenvalue weighted by Crippen LogP contribution is -2.22. The van der Waals surface area contributed by atoms with Gasteiger partial charge in [-0.2, -0.15) is 0 Å². The number of halogens is 1. The van der Waals surface area contributed by atoms with E-state index < -0.39 is 0 Å². The third-order valence-corrected chi connectivity index (χ3v) is 4.42. The van der Waals surface area contributed by atoms with Crippen molar-refractivity contribution in [3.63, 3.8) is 0 Å². The van der Waals surface area contributed by atoms with Crippen LogP contribution in [0.1, 0.15) is 12.0 Å². The second kappa shape index (κ2) is 10.4. The van der Waals surface area contributed by atoms with Crippen LogP contribution in [-0.4, -0.2) is 19.1 Å². The largest absolute Gasteiger partial charge is 0.491 e. The number of carbonyl (C=O) groups is 1. The molecule has 0 aliphatic rings. The maximum atomic E-state index is 12.3. The van der Waals surface area contributed by atoms with Gasteiger partial charge in [0.15, 0.2) is 0 Å². The smallest absolute Gasteiger partial charge is 0.243 e. The molecule has 0 heterocycles. The molecule has 0 radical (unpaired) electrons. The lowest BCUT2D eigenvalue weighted by atomic mass is 10.1. The zero-order valence-electron chi connectivity index (χ0n) is 15.5. The van der Waals surface area contributed by atoms with E-state index in [1.807, 2.05) is 54.6 Å². The summed E-state index contributed by atoms with van der Waals surface area (Å²) in [5, 5.41) is 6.63. The molecule has 5 heteroatoms. The molecule has 0 fully saturated rings. The second-order valence-corrected chi connectivity index (χ2v) is 6.78. The summed E-state index contributed by atoms with van der Waals surface area (Å²) in [6, 6.07) is 25.0. The molecule has 0 saturated carbocycles. The van der Waals surface area contributed by atoms with Gasteiger partial charge in [-0.25, -0.2) is 0 Å². The standard InChI is InChI=1S/C23H23ClN2O2/c24-19-12-14-20(15-13-19)25-17-23(27)26-21-10-4-5-11-22(21)28-16-6-9-18-7-2-1-3-8-18/h1-5,7-8,10-15,25H,6,9,16-17H2,(H,26,27). The fourth-order valence-electron chi connectivity index (χ4n) is 2.74. The lowest BCUT2D eigenvalue weighted by Gasteiger charge is -2.13. The Morgan fingerprint density at radius 3 is 2.39 bits per heavy atom. The monoisotopic (exact) mass is 394 g/mol. The van der Waals surface area contributed by atoms with Gasteiger partial charge in [0.2, 0.25) is 5.91 Å². The summed E-state index contributed by atoms with van der Waals surface area (Å²) in [6.45, 7) is 0.745. The molecule has 0 aliphatic heterocycles.